The van der Waals surface area contributed by atoms with Gasteiger partial charge in [-0.2, -0.15) is 0 Å². The fraction of sp³-hybridized carbons (Fsp3) is 0.200. The molecule has 2 aliphatic rings. The summed E-state index contributed by atoms with van der Waals surface area (Å²) in [5.74, 6) is 0.0619. The highest BCUT2D eigenvalue weighted by Gasteiger charge is 2.42. The molecule has 1 heterocycles. The van der Waals surface area contributed by atoms with Gasteiger partial charge in [-0.05, 0) is 39.9 Å². The third-order valence-corrected chi connectivity index (χ3v) is 5.95. The number of amides is 1. The second-order valence-corrected chi connectivity index (χ2v) is 7.70. The molecule has 1 aliphatic heterocycles. The van der Waals surface area contributed by atoms with Crippen LogP contribution in [0.2, 0.25) is 0 Å². The topological polar surface area (TPSA) is 85.3 Å². The van der Waals surface area contributed by atoms with Gasteiger partial charge in [0.05, 0.1) is 13.2 Å². The lowest BCUT2D eigenvalue weighted by Crippen LogP contribution is -2.48. The first-order valence-corrected chi connectivity index (χ1v) is 10.2. The largest absolute Gasteiger partial charge is 0.480 e. The molecule has 0 radical (unpaired) electrons. The van der Waals surface area contributed by atoms with Gasteiger partial charge < -0.3 is 19.3 Å². The van der Waals surface area contributed by atoms with Gasteiger partial charge in [0, 0.05) is 6.42 Å². The van der Waals surface area contributed by atoms with Gasteiger partial charge in [0.25, 0.3) is 0 Å². The third-order valence-electron chi connectivity index (χ3n) is 5.95. The summed E-state index contributed by atoms with van der Waals surface area (Å²) in [5, 5.41) is 10.2. The van der Waals surface area contributed by atoms with Crippen LogP contribution in [0.5, 0.6) is 11.5 Å². The maximum Gasteiger partial charge on any atom is 0.411 e. The number of ether oxygens (including phenoxy) is 3. The third kappa shape index (κ3) is 3.22. The van der Waals surface area contributed by atoms with Gasteiger partial charge >= 0.3 is 12.1 Å². The minimum atomic E-state index is -1.16. The van der Waals surface area contributed by atoms with Crippen molar-refractivity contribution in [2.75, 3.05) is 13.9 Å². The Balaban J connectivity index is 1.59. The van der Waals surface area contributed by atoms with Crippen LogP contribution in [-0.4, -0.2) is 42.0 Å². The predicted octanol–water partition coefficient (Wildman–Crippen LogP) is 4.25. The van der Waals surface area contributed by atoms with Crippen molar-refractivity contribution in [2.45, 2.75) is 18.5 Å². The van der Waals surface area contributed by atoms with Gasteiger partial charge in [0.15, 0.2) is 11.5 Å². The Hall–Kier alpha value is -4.00. The number of hydrogen-bond donors (Lipinski definition) is 1. The second kappa shape index (κ2) is 7.92. The van der Waals surface area contributed by atoms with E-state index in [1.54, 1.807) is 18.2 Å². The molecule has 0 saturated carbocycles. The van der Waals surface area contributed by atoms with Crippen LogP contribution < -0.4 is 9.47 Å². The number of aliphatic carboxylic acids is 1. The Morgan fingerprint density at radius 3 is 2.25 bits per heavy atom. The normalized spacial score (nSPS) is 14.4. The summed E-state index contributed by atoms with van der Waals surface area (Å²) in [5.41, 5.74) is 4.42. The molecule has 0 unspecified atom stereocenters. The fourth-order valence-electron chi connectivity index (χ4n) is 4.54. The van der Waals surface area contributed by atoms with E-state index in [9.17, 15) is 14.7 Å². The highest BCUT2D eigenvalue weighted by atomic mass is 16.7. The van der Waals surface area contributed by atoms with Crippen molar-refractivity contribution in [2.24, 2.45) is 0 Å². The molecular formula is C25H21NO6. The van der Waals surface area contributed by atoms with Crippen molar-refractivity contribution in [3.63, 3.8) is 0 Å². The molecule has 0 fully saturated rings. The number of hydrogen-bond acceptors (Lipinski definition) is 5. The Kier molecular flexibility index (Phi) is 4.93. The van der Waals surface area contributed by atoms with E-state index in [0.717, 1.165) is 27.8 Å². The standard InChI is InChI=1S/C25H21NO6/c1-30-25(29)26(20(24(27)28)12-15-10-11-21-22(13-15)32-14-31-21)23-18-8-4-2-6-16(18)17-7-3-5-9-19(17)23/h2-11,13,20,23H,12,14H2,1H3,(H,27,28)/t20-/m0/s1. The first kappa shape index (κ1) is 19.9. The molecule has 7 nitrogen and oxygen atoms in total. The highest BCUT2D eigenvalue weighted by molar-refractivity contribution is 5.85. The minimum absolute atomic E-state index is 0.0852. The van der Waals surface area contributed by atoms with Crippen molar-refractivity contribution in [1.29, 1.82) is 0 Å². The number of carboxylic acids is 1. The SMILES string of the molecule is COC(=O)N(C1c2ccccc2-c2ccccc21)[C@@H](Cc1ccc2c(c1)OCO2)C(=O)O. The molecule has 1 N–H and O–H groups in total. The van der Waals surface area contributed by atoms with Crippen LogP contribution in [0.1, 0.15) is 22.7 Å². The van der Waals surface area contributed by atoms with Crippen LogP contribution in [0.25, 0.3) is 11.1 Å². The quantitative estimate of drug-likeness (QED) is 0.650. The van der Waals surface area contributed by atoms with Gasteiger partial charge in [-0.1, -0.05) is 54.6 Å². The monoisotopic (exact) mass is 431 g/mol. The van der Waals surface area contributed by atoms with Gasteiger partial charge in [-0.15, -0.1) is 0 Å². The van der Waals surface area contributed by atoms with E-state index in [2.05, 4.69) is 0 Å². The summed E-state index contributed by atoms with van der Waals surface area (Å²) in [7, 11) is 1.27. The van der Waals surface area contributed by atoms with Crippen LogP contribution in [-0.2, 0) is 16.0 Å². The molecule has 3 aromatic rings. The summed E-state index contributed by atoms with van der Waals surface area (Å²) in [6, 6.07) is 19.0. The zero-order valence-corrected chi connectivity index (χ0v) is 17.4. The van der Waals surface area contributed by atoms with Crippen molar-refractivity contribution in [3.05, 3.63) is 83.4 Å². The van der Waals surface area contributed by atoms with Gasteiger partial charge in [-0.25, -0.2) is 9.59 Å². The number of rotatable bonds is 5. The average molecular weight is 431 g/mol. The Labute approximate surface area is 184 Å². The average Bonchev–Trinajstić information content (AvgIpc) is 3.41. The molecule has 0 saturated heterocycles. The molecule has 32 heavy (non-hydrogen) atoms. The zero-order chi connectivity index (χ0) is 22.2. The van der Waals surface area contributed by atoms with E-state index in [-0.39, 0.29) is 13.2 Å². The molecular weight excluding hydrogens is 410 g/mol. The van der Waals surface area contributed by atoms with E-state index in [4.69, 9.17) is 14.2 Å². The molecule has 162 valence electrons. The minimum Gasteiger partial charge on any atom is -0.480 e. The second-order valence-electron chi connectivity index (χ2n) is 7.70. The Morgan fingerprint density at radius 1 is 1.00 bits per heavy atom. The number of carbonyl (C=O) groups is 2. The van der Waals surface area contributed by atoms with Crippen molar-refractivity contribution in [1.82, 2.24) is 4.90 Å². The van der Waals surface area contributed by atoms with E-state index in [1.165, 1.54) is 12.0 Å². The lowest BCUT2D eigenvalue weighted by Gasteiger charge is -2.34. The van der Waals surface area contributed by atoms with E-state index in [0.29, 0.717) is 11.5 Å². The van der Waals surface area contributed by atoms with E-state index >= 15 is 0 Å². The zero-order valence-electron chi connectivity index (χ0n) is 17.4. The van der Waals surface area contributed by atoms with Gasteiger partial charge in [0.2, 0.25) is 6.79 Å². The number of carboxylic acid groups (broad SMARTS) is 1. The molecule has 1 aliphatic carbocycles. The molecule has 1 amide bonds. The Morgan fingerprint density at radius 2 is 1.62 bits per heavy atom. The van der Waals surface area contributed by atoms with Crippen LogP contribution in [0, 0.1) is 0 Å². The van der Waals surface area contributed by atoms with Gasteiger partial charge in [-0.3, -0.25) is 4.90 Å². The smallest absolute Gasteiger partial charge is 0.411 e. The lowest BCUT2D eigenvalue weighted by atomic mass is 9.98. The van der Waals surface area contributed by atoms with Crippen LogP contribution in [0.15, 0.2) is 66.7 Å². The molecule has 1 atom stereocenters. The summed E-state index contributed by atoms with van der Waals surface area (Å²) in [6.07, 6.45) is -0.614. The highest BCUT2D eigenvalue weighted by Crippen LogP contribution is 2.47. The summed E-state index contributed by atoms with van der Waals surface area (Å²) < 4.78 is 15.9. The number of benzene rings is 3. The van der Waals surface area contributed by atoms with Crippen LogP contribution in [0.3, 0.4) is 0 Å². The fourth-order valence-corrected chi connectivity index (χ4v) is 4.54. The summed E-state index contributed by atoms with van der Waals surface area (Å²) >= 11 is 0. The van der Waals surface area contributed by atoms with Crippen molar-refractivity contribution in [3.8, 4) is 22.6 Å². The lowest BCUT2D eigenvalue weighted by molar-refractivity contribution is -0.143. The number of nitrogens with zero attached hydrogens (tertiary/aromatic N) is 1. The number of fused-ring (bicyclic) bond motifs is 4. The maximum absolute atomic E-state index is 13.0. The molecule has 0 spiro atoms. The molecule has 7 heteroatoms. The predicted molar refractivity (Wildman–Crippen MR) is 116 cm³/mol. The number of carbonyl (C=O) groups excluding carboxylic acids is 1. The van der Waals surface area contributed by atoms with E-state index < -0.39 is 24.1 Å². The van der Waals surface area contributed by atoms with Crippen molar-refractivity contribution < 1.29 is 28.9 Å². The summed E-state index contributed by atoms with van der Waals surface area (Å²) in [4.78, 5) is 26.8. The molecule has 5 rings (SSSR count). The molecule has 3 aromatic carbocycles. The Bertz CT molecular complexity index is 1160. The van der Waals surface area contributed by atoms with Gasteiger partial charge in [0.1, 0.15) is 6.04 Å². The van der Waals surface area contributed by atoms with E-state index in [1.807, 2.05) is 48.5 Å². The van der Waals surface area contributed by atoms with Crippen LogP contribution in [0.4, 0.5) is 4.79 Å². The first-order valence-electron chi connectivity index (χ1n) is 10.2. The van der Waals surface area contributed by atoms with Crippen LogP contribution >= 0.6 is 0 Å². The molecule has 0 aromatic heterocycles. The molecule has 0 bridgehead atoms. The van der Waals surface area contributed by atoms with Crippen molar-refractivity contribution >= 4 is 12.1 Å². The first-order chi connectivity index (χ1) is 15.6. The maximum atomic E-state index is 13.0. The summed E-state index contributed by atoms with van der Waals surface area (Å²) in [6.45, 7) is 0.130. The number of methoxy groups -OCH3 is 1.